The fraction of sp³-hybridized carbons (Fsp3) is 0.333. The number of rotatable bonds is 6. The van der Waals surface area contributed by atoms with Crippen molar-refractivity contribution in [3.05, 3.63) is 60.0 Å². The van der Waals surface area contributed by atoms with Crippen LogP contribution in [0.25, 0.3) is 11.1 Å². The van der Waals surface area contributed by atoms with Crippen LogP contribution in [0.2, 0.25) is 0 Å². The van der Waals surface area contributed by atoms with Crippen molar-refractivity contribution in [3.8, 4) is 0 Å². The summed E-state index contributed by atoms with van der Waals surface area (Å²) in [4.78, 5) is 17.5. The summed E-state index contributed by atoms with van der Waals surface area (Å²) in [5, 5.41) is 2.73. The van der Waals surface area contributed by atoms with Gasteiger partial charge in [0.25, 0.3) is 0 Å². The number of nitrogens with zero attached hydrogens (tertiary/aromatic N) is 2. The maximum atomic E-state index is 14.4. The number of carbonyl (C=O) groups excluding carboxylic acids is 1. The highest BCUT2D eigenvalue weighted by atomic mass is 19.1. The number of hydrogen-bond acceptors (Lipinski definition) is 5. The first-order valence-corrected chi connectivity index (χ1v) is 9.26. The number of halogens is 1. The number of anilines is 1. The van der Waals surface area contributed by atoms with E-state index in [4.69, 9.17) is 9.15 Å². The van der Waals surface area contributed by atoms with Crippen molar-refractivity contribution in [1.82, 2.24) is 9.88 Å². The lowest BCUT2D eigenvalue weighted by atomic mass is 10.2. The molecule has 0 aliphatic carbocycles. The molecule has 1 saturated heterocycles. The van der Waals surface area contributed by atoms with Crippen LogP contribution in [0.3, 0.4) is 0 Å². The number of ether oxygens (including phenoxy) is 1. The number of likely N-dealkylation sites (tertiary alicyclic amines) is 1. The van der Waals surface area contributed by atoms with Gasteiger partial charge in [-0.25, -0.2) is 9.37 Å². The Kier molecular flexibility index (Phi) is 5.36. The predicted octanol–water partition coefficient (Wildman–Crippen LogP) is 3.53. The third-order valence-corrected chi connectivity index (χ3v) is 4.71. The summed E-state index contributed by atoms with van der Waals surface area (Å²) in [6.07, 6.45) is -1.56. The van der Waals surface area contributed by atoms with Gasteiger partial charge >= 0.3 is 0 Å². The van der Waals surface area contributed by atoms with E-state index in [-0.39, 0.29) is 12.5 Å². The van der Waals surface area contributed by atoms with E-state index in [0.29, 0.717) is 31.1 Å². The maximum Gasteiger partial charge on any atom is 0.221 e. The molecule has 2 unspecified atom stereocenters. The van der Waals surface area contributed by atoms with E-state index in [1.165, 1.54) is 6.92 Å². The number of oxazole rings is 1. The topological polar surface area (TPSA) is 67.6 Å². The zero-order valence-electron chi connectivity index (χ0n) is 15.6. The Morgan fingerprint density at radius 1 is 1.25 bits per heavy atom. The largest absolute Gasteiger partial charge is 0.438 e. The summed E-state index contributed by atoms with van der Waals surface area (Å²) in [5.41, 5.74) is 3.28. The fourth-order valence-corrected chi connectivity index (χ4v) is 3.41. The Morgan fingerprint density at radius 3 is 2.79 bits per heavy atom. The Balaban J connectivity index is 1.30. The highest BCUT2D eigenvalue weighted by molar-refractivity contribution is 5.88. The molecule has 1 aliphatic heterocycles. The van der Waals surface area contributed by atoms with Crippen molar-refractivity contribution in [3.63, 3.8) is 0 Å². The second kappa shape index (κ2) is 8.08. The molecule has 146 valence electrons. The molecule has 0 spiro atoms. The average molecular weight is 383 g/mol. The number of nitrogens with one attached hydrogen (secondary N) is 1. The molecule has 1 aromatic heterocycles. The third kappa shape index (κ3) is 4.37. The highest BCUT2D eigenvalue weighted by Crippen LogP contribution is 2.22. The normalized spacial score (nSPS) is 19.9. The van der Waals surface area contributed by atoms with Crippen LogP contribution in [0.15, 0.2) is 52.9 Å². The molecule has 7 heteroatoms. The Morgan fingerprint density at radius 2 is 2.04 bits per heavy atom. The van der Waals surface area contributed by atoms with Gasteiger partial charge in [0.05, 0.1) is 0 Å². The molecule has 1 amide bonds. The van der Waals surface area contributed by atoms with Crippen molar-refractivity contribution in [2.45, 2.75) is 32.4 Å². The van der Waals surface area contributed by atoms with E-state index in [2.05, 4.69) is 10.3 Å². The Bertz CT molecular complexity index is 924. The summed E-state index contributed by atoms with van der Waals surface area (Å²) in [6, 6.07) is 15.1. The summed E-state index contributed by atoms with van der Waals surface area (Å²) >= 11 is 0. The summed E-state index contributed by atoms with van der Waals surface area (Å²) < 4.78 is 25.8. The van der Waals surface area contributed by atoms with E-state index >= 15 is 0 Å². The van der Waals surface area contributed by atoms with E-state index < -0.39 is 12.3 Å². The number of amides is 1. The van der Waals surface area contributed by atoms with Crippen molar-refractivity contribution in [1.29, 1.82) is 0 Å². The van der Waals surface area contributed by atoms with Gasteiger partial charge in [0, 0.05) is 32.2 Å². The van der Waals surface area contributed by atoms with E-state index in [1.807, 2.05) is 53.4 Å². The second-order valence-electron chi connectivity index (χ2n) is 7.01. The van der Waals surface area contributed by atoms with E-state index in [0.717, 1.165) is 16.8 Å². The maximum absolute atomic E-state index is 14.4. The first-order chi connectivity index (χ1) is 13.6. The van der Waals surface area contributed by atoms with Gasteiger partial charge in [-0.1, -0.05) is 24.3 Å². The van der Waals surface area contributed by atoms with Gasteiger partial charge in [0.15, 0.2) is 5.58 Å². The highest BCUT2D eigenvalue weighted by Gasteiger charge is 2.33. The predicted molar refractivity (Wildman–Crippen MR) is 104 cm³/mol. The van der Waals surface area contributed by atoms with Gasteiger partial charge in [-0.15, -0.1) is 0 Å². The number of para-hydroxylation sites is 2. The van der Waals surface area contributed by atoms with Crippen LogP contribution < -0.4 is 5.32 Å². The molecule has 3 aromatic rings. The summed E-state index contributed by atoms with van der Waals surface area (Å²) in [7, 11) is 0. The van der Waals surface area contributed by atoms with E-state index in [1.54, 1.807) is 0 Å². The minimum Gasteiger partial charge on any atom is -0.438 e. The van der Waals surface area contributed by atoms with Gasteiger partial charge in [-0.2, -0.15) is 0 Å². The first kappa shape index (κ1) is 18.6. The summed E-state index contributed by atoms with van der Waals surface area (Å²) in [5.74, 6) is 0.354. The van der Waals surface area contributed by atoms with Crippen LogP contribution in [-0.2, 0) is 22.7 Å². The van der Waals surface area contributed by atoms with E-state index in [9.17, 15) is 9.18 Å². The van der Waals surface area contributed by atoms with Gasteiger partial charge < -0.3 is 14.5 Å². The number of alkyl halides is 1. The molecule has 0 radical (unpaired) electrons. The second-order valence-corrected chi connectivity index (χ2v) is 7.01. The standard InChI is InChI=1S/C21H22FN3O3/c1-14(26)23-16-8-6-15(7-9-16)10-25-11-17(22)20(12-25)27-13-21-24-18-4-2-3-5-19(18)28-21/h2-9,17,20H,10-13H2,1H3,(H,23,26). The smallest absolute Gasteiger partial charge is 0.221 e. The number of aromatic nitrogens is 1. The van der Waals surface area contributed by atoms with Crippen molar-refractivity contribution >= 4 is 22.7 Å². The van der Waals surface area contributed by atoms with Crippen LogP contribution in [0.4, 0.5) is 10.1 Å². The minimum atomic E-state index is -1.05. The number of carbonyl (C=O) groups is 1. The molecule has 28 heavy (non-hydrogen) atoms. The van der Waals surface area contributed by atoms with Crippen molar-refractivity contribution in [2.75, 3.05) is 18.4 Å². The van der Waals surface area contributed by atoms with Crippen molar-refractivity contribution < 1.29 is 18.3 Å². The third-order valence-electron chi connectivity index (χ3n) is 4.71. The number of fused-ring (bicyclic) bond motifs is 1. The molecule has 0 bridgehead atoms. The van der Waals surface area contributed by atoms with Gasteiger partial charge in [0.1, 0.15) is 24.4 Å². The fourth-order valence-electron chi connectivity index (χ4n) is 3.41. The number of hydrogen-bond donors (Lipinski definition) is 1. The Labute approximate surface area is 162 Å². The van der Waals surface area contributed by atoms with Gasteiger partial charge in [0.2, 0.25) is 11.8 Å². The van der Waals surface area contributed by atoms with Crippen LogP contribution in [-0.4, -0.2) is 41.2 Å². The monoisotopic (exact) mass is 383 g/mol. The van der Waals surface area contributed by atoms with Crippen LogP contribution in [0, 0.1) is 0 Å². The molecule has 4 rings (SSSR count). The number of benzene rings is 2. The first-order valence-electron chi connectivity index (χ1n) is 9.26. The lowest BCUT2D eigenvalue weighted by Crippen LogP contribution is -2.24. The quantitative estimate of drug-likeness (QED) is 0.705. The molecule has 0 saturated carbocycles. The Hall–Kier alpha value is -2.77. The molecule has 1 fully saturated rings. The molecular formula is C21H22FN3O3. The van der Waals surface area contributed by atoms with Crippen LogP contribution in [0.5, 0.6) is 0 Å². The molecule has 1 aliphatic rings. The van der Waals surface area contributed by atoms with Crippen LogP contribution in [0.1, 0.15) is 18.4 Å². The van der Waals surface area contributed by atoms with Gasteiger partial charge in [-0.05, 0) is 29.8 Å². The lowest BCUT2D eigenvalue weighted by molar-refractivity contribution is -0.114. The minimum absolute atomic E-state index is 0.105. The van der Waals surface area contributed by atoms with Gasteiger partial charge in [-0.3, -0.25) is 9.69 Å². The molecule has 2 aromatic carbocycles. The lowest BCUT2D eigenvalue weighted by Gasteiger charge is -2.16. The SMILES string of the molecule is CC(=O)Nc1ccc(CN2CC(F)C(OCc3nc4ccccc4o3)C2)cc1. The molecular weight excluding hydrogens is 361 g/mol. The molecule has 2 atom stereocenters. The van der Waals surface area contributed by atoms with Crippen LogP contribution >= 0.6 is 0 Å². The van der Waals surface area contributed by atoms with Crippen molar-refractivity contribution in [2.24, 2.45) is 0 Å². The zero-order chi connectivity index (χ0) is 19.5. The molecule has 2 heterocycles. The molecule has 1 N–H and O–H groups in total. The zero-order valence-corrected chi connectivity index (χ0v) is 15.6. The average Bonchev–Trinajstić information content (AvgIpc) is 3.23. The molecule has 6 nitrogen and oxygen atoms in total. The summed E-state index contributed by atoms with van der Waals surface area (Å²) in [6.45, 7) is 3.09.